The molecule has 0 saturated heterocycles. The van der Waals surface area contributed by atoms with E-state index in [0.717, 1.165) is 0 Å². The minimum absolute atomic E-state index is 0.279. The van der Waals surface area contributed by atoms with Crippen molar-refractivity contribution < 1.29 is 14.6 Å². The van der Waals surface area contributed by atoms with Crippen LogP contribution in [0.25, 0.3) is 0 Å². The van der Waals surface area contributed by atoms with Gasteiger partial charge in [0.1, 0.15) is 12.6 Å². The van der Waals surface area contributed by atoms with E-state index in [1.54, 1.807) is 0 Å². The lowest BCUT2D eigenvalue weighted by Gasteiger charge is -2.19. The molecule has 6 nitrogen and oxygen atoms in total. The number of ether oxygens (including phenoxy) is 1. The number of methoxy groups -OCH3 is 1. The number of nitrogens with zero attached hydrogens (tertiary/aromatic N) is 2. The van der Waals surface area contributed by atoms with Crippen LogP contribution >= 0.6 is 12.2 Å². The maximum atomic E-state index is 11.8. The van der Waals surface area contributed by atoms with E-state index in [-0.39, 0.29) is 12.6 Å². The normalized spacial score (nSPS) is 12.8. The standard InChI is InChI=1S/C10H17N3O3S/c1-6(2)4-7(9(15)16-3)13-8(5-14)11-12-10(13)17/h6-7,14H,4-5H2,1-3H3,(H,12,17). The first-order valence-corrected chi connectivity index (χ1v) is 5.76. The summed E-state index contributed by atoms with van der Waals surface area (Å²) in [7, 11) is 1.33. The quantitative estimate of drug-likeness (QED) is 0.613. The van der Waals surface area contributed by atoms with Crippen LogP contribution < -0.4 is 0 Å². The van der Waals surface area contributed by atoms with Gasteiger partial charge in [-0.15, -0.1) is 0 Å². The molecule has 1 aromatic rings. The van der Waals surface area contributed by atoms with E-state index < -0.39 is 6.04 Å². The Kier molecular flexibility index (Phi) is 4.83. The van der Waals surface area contributed by atoms with Gasteiger partial charge in [0.05, 0.1) is 7.11 Å². The fourth-order valence-corrected chi connectivity index (χ4v) is 1.94. The summed E-state index contributed by atoms with van der Waals surface area (Å²) in [5, 5.41) is 15.6. The first-order chi connectivity index (χ1) is 8.01. The van der Waals surface area contributed by atoms with Crippen molar-refractivity contribution in [2.75, 3.05) is 7.11 Å². The van der Waals surface area contributed by atoms with Gasteiger partial charge in [-0.25, -0.2) is 4.79 Å². The van der Waals surface area contributed by atoms with Gasteiger partial charge in [0.15, 0.2) is 10.6 Å². The van der Waals surface area contributed by atoms with Crippen LogP contribution in [0, 0.1) is 10.7 Å². The topological polar surface area (TPSA) is 80.1 Å². The van der Waals surface area contributed by atoms with E-state index in [1.165, 1.54) is 11.7 Å². The Labute approximate surface area is 105 Å². The largest absolute Gasteiger partial charge is 0.467 e. The second kappa shape index (κ2) is 5.92. The van der Waals surface area contributed by atoms with Crippen LogP contribution in [0.4, 0.5) is 0 Å². The van der Waals surface area contributed by atoms with E-state index in [1.807, 2.05) is 13.8 Å². The molecule has 0 aliphatic carbocycles. The predicted molar refractivity (Wildman–Crippen MR) is 63.8 cm³/mol. The second-order valence-electron chi connectivity index (χ2n) is 4.14. The first-order valence-electron chi connectivity index (χ1n) is 5.35. The number of hydrogen-bond donors (Lipinski definition) is 2. The molecular formula is C10H17N3O3S. The fraction of sp³-hybridized carbons (Fsp3) is 0.700. The Balaban J connectivity index is 3.16. The molecule has 0 bridgehead atoms. The second-order valence-corrected chi connectivity index (χ2v) is 4.53. The first kappa shape index (κ1) is 13.9. The molecule has 0 saturated carbocycles. The Morgan fingerprint density at radius 2 is 2.29 bits per heavy atom. The molecule has 1 atom stereocenters. The molecule has 0 amide bonds. The molecule has 96 valence electrons. The van der Waals surface area contributed by atoms with Crippen molar-refractivity contribution in [3.63, 3.8) is 0 Å². The van der Waals surface area contributed by atoms with Gasteiger partial charge < -0.3 is 9.84 Å². The third-order valence-electron chi connectivity index (χ3n) is 2.40. The number of aliphatic hydroxyl groups is 1. The monoisotopic (exact) mass is 259 g/mol. The number of hydrogen-bond acceptors (Lipinski definition) is 5. The number of H-pyrrole nitrogens is 1. The molecule has 1 rings (SSSR count). The summed E-state index contributed by atoms with van der Waals surface area (Å²) >= 11 is 5.06. The van der Waals surface area contributed by atoms with Crippen LogP contribution in [0.2, 0.25) is 0 Å². The molecule has 0 aliphatic heterocycles. The van der Waals surface area contributed by atoms with Crippen LogP contribution in [0.1, 0.15) is 32.1 Å². The third kappa shape index (κ3) is 3.13. The summed E-state index contributed by atoms with van der Waals surface area (Å²) in [6.45, 7) is 3.72. The van der Waals surface area contributed by atoms with Crippen molar-refractivity contribution in [2.45, 2.75) is 32.9 Å². The zero-order chi connectivity index (χ0) is 13.0. The average Bonchev–Trinajstić information content (AvgIpc) is 2.66. The molecule has 2 N–H and O–H groups in total. The van der Waals surface area contributed by atoms with Gasteiger partial charge >= 0.3 is 5.97 Å². The summed E-state index contributed by atoms with van der Waals surface area (Å²) in [6.07, 6.45) is 0.577. The van der Waals surface area contributed by atoms with Gasteiger partial charge in [0, 0.05) is 0 Å². The third-order valence-corrected chi connectivity index (χ3v) is 2.69. The molecular weight excluding hydrogens is 242 g/mol. The van der Waals surface area contributed by atoms with E-state index in [2.05, 4.69) is 10.2 Å². The lowest BCUT2D eigenvalue weighted by atomic mass is 10.0. The lowest BCUT2D eigenvalue weighted by molar-refractivity contribution is -0.145. The highest BCUT2D eigenvalue weighted by atomic mass is 32.1. The van der Waals surface area contributed by atoms with Crippen molar-refractivity contribution in [1.82, 2.24) is 14.8 Å². The number of carbonyl (C=O) groups excluding carboxylic acids is 1. The van der Waals surface area contributed by atoms with Crippen LogP contribution in [0.3, 0.4) is 0 Å². The molecule has 1 unspecified atom stereocenters. The number of esters is 1. The Bertz CT molecular complexity index is 438. The molecule has 0 radical (unpaired) electrons. The smallest absolute Gasteiger partial charge is 0.329 e. The van der Waals surface area contributed by atoms with Crippen LogP contribution in [-0.4, -0.2) is 33.0 Å². The molecule has 1 aromatic heterocycles. The van der Waals surface area contributed by atoms with Gasteiger partial charge in [-0.3, -0.25) is 9.67 Å². The predicted octanol–water partition coefficient (Wildman–Crippen LogP) is 1.19. The lowest BCUT2D eigenvalue weighted by Crippen LogP contribution is -2.24. The highest BCUT2D eigenvalue weighted by Crippen LogP contribution is 2.21. The Morgan fingerprint density at radius 1 is 1.65 bits per heavy atom. The molecule has 0 spiro atoms. The minimum Gasteiger partial charge on any atom is -0.467 e. The number of nitrogens with one attached hydrogen (secondary N) is 1. The van der Waals surface area contributed by atoms with Crippen molar-refractivity contribution in [2.24, 2.45) is 5.92 Å². The number of rotatable bonds is 5. The number of aromatic nitrogens is 3. The van der Waals surface area contributed by atoms with E-state index in [9.17, 15) is 4.79 Å². The number of aliphatic hydroxyl groups excluding tert-OH is 1. The van der Waals surface area contributed by atoms with E-state index >= 15 is 0 Å². The summed E-state index contributed by atoms with van der Waals surface area (Å²) in [6, 6.07) is -0.548. The van der Waals surface area contributed by atoms with Crippen molar-refractivity contribution >= 4 is 18.2 Å². The van der Waals surface area contributed by atoms with E-state index in [0.29, 0.717) is 22.9 Å². The summed E-state index contributed by atoms with van der Waals surface area (Å²) in [5.41, 5.74) is 0. The summed E-state index contributed by atoms with van der Waals surface area (Å²) in [4.78, 5) is 11.8. The maximum Gasteiger partial charge on any atom is 0.329 e. The van der Waals surface area contributed by atoms with Gasteiger partial charge in [-0.1, -0.05) is 13.8 Å². The van der Waals surface area contributed by atoms with Gasteiger partial charge in [0.2, 0.25) is 0 Å². The average molecular weight is 259 g/mol. The van der Waals surface area contributed by atoms with Crippen LogP contribution in [0.15, 0.2) is 0 Å². The maximum absolute atomic E-state index is 11.8. The van der Waals surface area contributed by atoms with Crippen molar-refractivity contribution in [3.05, 3.63) is 10.6 Å². The van der Waals surface area contributed by atoms with Gasteiger partial charge in [0.25, 0.3) is 0 Å². The number of aromatic amines is 1. The molecule has 0 aliphatic rings. The Hall–Kier alpha value is -1.21. The molecule has 17 heavy (non-hydrogen) atoms. The fourth-order valence-electron chi connectivity index (χ4n) is 1.66. The minimum atomic E-state index is -0.548. The van der Waals surface area contributed by atoms with Crippen LogP contribution in [-0.2, 0) is 16.1 Å². The Morgan fingerprint density at radius 3 is 2.76 bits per heavy atom. The number of carbonyl (C=O) groups is 1. The SMILES string of the molecule is COC(=O)C(CC(C)C)n1c(CO)n[nH]c1=S. The molecule has 1 heterocycles. The molecule has 7 heteroatoms. The van der Waals surface area contributed by atoms with Crippen molar-refractivity contribution in [3.8, 4) is 0 Å². The highest BCUT2D eigenvalue weighted by Gasteiger charge is 2.25. The summed E-state index contributed by atoms with van der Waals surface area (Å²) < 4.78 is 6.59. The van der Waals surface area contributed by atoms with E-state index in [4.69, 9.17) is 22.1 Å². The molecule has 0 fully saturated rings. The van der Waals surface area contributed by atoms with Gasteiger partial charge in [-0.05, 0) is 24.6 Å². The molecule has 0 aromatic carbocycles. The van der Waals surface area contributed by atoms with Crippen molar-refractivity contribution in [1.29, 1.82) is 0 Å². The summed E-state index contributed by atoms with van der Waals surface area (Å²) in [5.74, 6) is 0.249. The van der Waals surface area contributed by atoms with Gasteiger partial charge in [-0.2, -0.15) is 5.10 Å². The highest BCUT2D eigenvalue weighted by molar-refractivity contribution is 7.71. The zero-order valence-electron chi connectivity index (χ0n) is 10.1. The zero-order valence-corrected chi connectivity index (χ0v) is 11.0. The van der Waals surface area contributed by atoms with Crippen LogP contribution in [0.5, 0.6) is 0 Å².